The number of anilines is 1. The zero-order valence-corrected chi connectivity index (χ0v) is 11.7. The fourth-order valence-electron chi connectivity index (χ4n) is 2.82. The second-order valence-corrected chi connectivity index (χ2v) is 5.05. The number of rotatable bonds is 5. The molecule has 2 unspecified atom stereocenters. The SMILES string of the molecule is CCNCc1cncnc1N1C(C)CCC1CC. The summed E-state index contributed by atoms with van der Waals surface area (Å²) in [6.07, 6.45) is 7.35. The molecule has 2 atom stereocenters. The average Bonchev–Trinajstić information content (AvgIpc) is 2.77. The first-order valence-corrected chi connectivity index (χ1v) is 7.05. The lowest BCUT2D eigenvalue weighted by molar-refractivity contribution is 0.612. The van der Waals surface area contributed by atoms with Gasteiger partial charge >= 0.3 is 0 Å². The summed E-state index contributed by atoms with van der Waals surface area (Å²) in [4.78, 5) is 11.2. The van der Waals surface area contributed by atoms with E-state index in [-0.39, 0.29) is 0 Å². The van der Waals surface area contributed by atoms with Gasteiger partial charge in [0, 0.05) is 30.4 Å². The van der Waals surface area contributed by atoms with E-state index in [0.717, 1.165) is 18.9 Å². The van der Waals surface area contributed by atoms with E-state index >= 15 is 0 Å². The molecular formula is C14H24N4. The Morgan fingerprint density at radius 2 is 2.22 bits per heavy atom. The zero-order chi connectivity index (χ0) is 13.0. The first-order valence-electron chi connectivity index (χ1n) is 7.05. The third kappa shape index (κ3) is 2.64. The minimum absolute atomic E-state index is 0.588. The molecule has 1 aromatic rings. The van der Waals surface area contributed by atoms with Crippen LogP contribution in [0.2, 0.25) is 0 Å². The Bertz CT molecular complexity index is 380. The molecule has 0 radical (unpaired) electrons. The third-order valence-corrected chi connectivity index (χ3v) is 3.83. The summed E-state index contributed by atoms with van der Waals surface area (Å²) in [5, 5.41) is 3.37. The van der Waals surface area contributed by atoms with Gasteiger partial charge in [-0.25, -0.2) is 9.97 Å². The summed E-state index contributed by atoms with van der Waals surface area (Å²) in [5.41, 5.74) is 1.21. The molecule has 1 aliphatic rings. The second-order valence-electron chi connectivity index (χ2n) is 5.05. The molecule has 1 fully saturated rings. The first kappa shape index (κ1) is 13.3. The van der Waals surface area contributed by atoms with Gasteiger partial charge in [0.1, 0.15) is 12.1 Å². The number of aromatic nitrogens is 2. The largest absolute Gasteiger partial charge is 0.351 e. The van der Waals surface area contributed by atoms with Gasteiger partial charge in [0.25, 0.3) is 0 Å². The molecule has 1 N–H and O–H groups in total. The predicted molar refractivity (Wildman–Crippen MR) is 74.7 cm³/mol. The van der Waals surface area contributed by atoms with Crippen molar-refractivity contribution in [2.75, 3.05) is 11.4 Å². The molecule has 0 aliphatic carbocycles. The van der Waals surface area contributed by atoms with Gasteiger partial charge in [-0.1, -0.05) is 13.8 Å². The van der Waals surface area contributed by atoms with Crippen LogP contribution in [0, 0.1) is 0 Å². The van der Waals surface area contributed by atoms with Crippen LogP contribution in [0.25, 0.3) is 0 Å². The van der Waals surface area contributed by atoms with E-state index in [9.17, 15) is 0 Å². The van der Waals surface area contributed by atoms with Crippen LogP contribution in [0.1, 0.15) is 45.6 Å². The maximum absolute atomic E-state index is 4.54. The van der Waals surface area contributed by atoms with E-state index in [1.165, 1.54) is 24.8 Å². The standard InChI is InChI=1S/C14H24N4/c1-4-13-7-6-11(3)18(13)14-12(8-15-5-2)9-16-10-17-14/h9-11,13,15H,4-8H2,1-3H3. The van der Waals surface area contributed by atoms with E-state index in [2.05, 4.69) is 41.0 Å². The average molecular weight is 248 g/mol. The fraction of sp³-hybridized carbons (Fsp3) is 0.714. The summed E-state index contributed by atoms with van der Waals surface area (Å²) < 4.78 is 0. The molecule has 4 heteroatoms. The van der Waals surface area contributed by atoms with Crippen molar-refractivity contribution in [3.63, 3.8) is 0 Å². The van der Waals surface area contributed by atoms with Gasteiger partial charge in [0.2, 0.25) is 0 Å². The number of nitrogens with zero attached hydrogens (tertiary/aromatic N) is 3. The highest BCUT2D eigenvalue weighted by Gasteiger charge is 2.31. The molecule has 18 heavy (non-hydrogen) atoms. The Balaban J connectivity index is 2.25. The van der Waals surface area contributed by atoms with Gasteiger partial charge in [-0.05, 0) is 32.7 Å². The van der Waals surface area contributed by atoms with Crippen LogP contribution in [0.15, 0.2) is 12.5 Å². The highest BCUT2D eigenvalue weighted by atomic mass is 15.3. The molecule has 0 bridgehead atoms. The van der Waals surface area contributed by atoms with E-state index in [1.807, 2.05) is 6.20 Å². The van der Waals surface area contributed by atoms with Crippen LogP contribution in [0.4, 0.5) is 5.82 Å². The van der Waals surface area contributed by atoms with E-state index in [1.54, 1.807) is 6.33 Å². The summed E-state index contributed by atoms with van der Waals surface area (Å²) in [5.74, 6) is 1.13. The number of hydrogen-bond donors (Lipinski definition) is 1. The normalized spacial score (nSPS) is 23.6. The Kier molecular flexibility index (Phi) is 4.53. The van der Waals surface area contributed by atoms with E-state index in [4.69, 9.17) is 0 Å². The Labute approximate surface area is 110 Å². The molecule has 1 aliphatic heterocycles. The van der Waals surface area contributed by atoms with Crippen LogP contribution in [-0.2, 0) is 6.54 Å². The first-order chi connectivity index (χ1) is 8.77. The topological polar surface area (TPSA) is 41.1 Å². The van der Waals surface area contributed by atoms with Crippen LogP contribution < -0.4 is 10.2 Å². The van der Waals surface area contributed by atoms with Gasteiger partial charge < -0.3 is 10.2 Å². The van der Waals surface area contributed by atoms with Crippen molar-refractivity contribution in [3.05, 3.63) is 18.1 Å². The molecule has 4 nitrogen and oxygen atoms in total. The van der Waals surface area contributed by atoms with Gasteiger partial charge in [0.15, 0.2) is 0 Å². The molecule has 2 heterocycles. The smallest absolute Gasteiger partial charge is 0.136 e. The molecule has 1 saturated heterocycles. The van der Waals surface area contributed by atoms with E-state index < -0.39 is 0 Å². The zero-order valence-electron chi connectivity index (χ0n) is 11.7. The second kappa shape index (κ2) is 6.14. The minimum atomic E-state index is 0.588. The van der Waals surface area contributed by atoms with Crippen molar-refractivity contribution in [1.82, 2.24) is 15.3 Å². The van der Waals surface area contributed by atoms with Gasteiger partial charge in [-0.15, -0.1) is 0 Å². The van der Waals surface area contributed by atoms with E-state index in [0.29, 0.717) is 12.1 Å². The monoisotopic (exact) mass is 248 g/mol. The lowest BCUT2D eigenvalue weighted by atomic mass is 10.1. The van der Waals surface area contributed by atoms with Crippen LogP contribution in [-0.4, -0.2) is 28.6 Å². The summed E-state index contributed by atoms with van der Waals surface area (Å²) >= 11 is 0. The summed E-state index contributed by atoms with van der Waals surface area (Å²) in [7, 11) is 0. The number of nitrogens with one attached hydrogen (secondary N) is 1. The maximum Gasteiger partial charge on any atom is 0.136 e. The quantitative estimate of drug-likeness (QED) is 0.868. The molecular weight excluding hydrogens is 224 g/mol. The number of hydrogen-bond acceptors (Lipinski definition) is 4. The van der Waals surface area contributed by atoms with Crippen LogP contribution in [0.3, 0.4) is 0 Å². The van der Waals surface area contributed by atoms with Crippen LogP contribution in [0.5, 0.6) is 0 Å². The molecule has 0 spiro atoms. The minimum Gasteiger partial charge on any atom is -0.351 e. The van der Waals surface area contributed by atoms with Crippen molar-refractivity contribution in [2.45, 2.75) is 58.7 Å². The predicted octanol–water partition coefficient (Wildman–Crippen LogP) is 2.35. The van der Waals surface area contributed by atoms with Gasteiger partial charge in [-0.2, -0.15) is 0 Å². The molecule has 0 amide bonds. The van der Waals surface area contributed by atoms with Crippen molar-refractivity contribution >= 4 is 5.82 Å². The van der Waals surface area contributed by atoms with Crippen LogP contribution >= 0.6 is 0 Å². The molecule has 1 aromatic heterocycles. The molecule has 0 aromatic carbocycles. The van der Waals surface area contributed by atoms with Gasteiger partial charge in [0.05, 0.1) is 0 Å². The lowest BCUT2D eigenvalue weighted by Gasteiger charge is -2.30. The molecule has 0 saturated carbocycles. The fourth-order valence-corrected chi connectivity index (χ4v) is 2.82. The summed E-state index contributed by atoms with van der Waals surface area (Å²) in [6, 6.07) is 1.22. The third-order valence-electron chi connectivity index (χ3n) is 3.83. The van der Waals surface area contributed by atoms with Crippen molar-refractivity contribution < 1.29 is 0 Å². The molecule has 2 rings (SSSR count). The lowest BCUT2D eigenvalue weighted by Crippen LogP contribution is -2.36. The highest BCUT2D eigenvalue weighted by molar-refractivity contribution is 5.48. The Morgan fingerprint density at radius 1 is 1.39 bits per heavy atom. The highest BCUT2D eigenvalue weighted by Crippen LogP contribution is 2.32. The van der Waals surface area contributed by atoms with Gasteiger partial charge in [-0.3, -0.25) is 0 Å². The Morgan fingerprint density at radius 3 is 2.94 bits per heavy atom. The Hall–Kier alpha value is -1.16. The van der Waals surface area contributed by atoms with Crippen molar-refractivity contribution in [1.29, 1.82) is 0 Å². The maximum atomic E-state index is 4.54. The summed E-state index contributed by atoms with van der Waals surface area (Å²) in [6.45, 7) is 8.51. The molecule has 100 valence electrons. The van der Waals surface area contributed by atoms with Crippen molar-refractivity contribution in [3.8, 4) is 0 Å². The van der Waals surface area contributed by atoms with Crippen molar-refractivity contribution in [2.24, 2.45) is 0 Å².